The maximum absolute atomic E-state index is 14.3. The van der Waals surface area contributed by atoms with E-state index in [1.807, 2.05) is 26.0 Å². The normalized spacial score (nSPS) is 10.4. The second kappa shape index (κ2) is 5.89. The number of anilines is 2. The van der Waals surface area contributed by atoms with E-state index in [9.17, 15) is 4.39 Å². The molecule has 0 atom stereocenters. The lowest BCUT2D eigenvalue weighted by atomic mass is 10.1. The van der Waals surface area contributed by atoms with Gasteiger partial charge in [-0.2, -0.15) is 0 Å². The second-order valence-corrected chi connectivity index (χ2v) is 5.89. The second-order valence-electron chi connectivity index (χ2n) is 4.65. The lowest BCUT2D eigenvalue weighted by Crippen LogP contribution is -2.11. The van der Waals surface area contributed by atoms with Crippen molar-refractivity contribution in [3.8, 4) is 0 Å². The Bertz CT molecular complexity index is 666. The Morgan fingerprint density at radius 3 is 2.35 bits per heavy atom. The van der Waals surface area contributed by atoms with Crippen molar-refractivity contribution in [2.45, 2.75) is 13.8 Å². The zero-order valence-corrected chi connectivity index (χ0v) is 13.5. The predicted octanol–water partition coefficient (Wildman–Crippen LogP) is 4.58. The Morgan fingerprint density at radius 1 is 1.20 bits per heavy atom. The van der Waals surface area contributed by atoms with Gasteiger partial charge in [-0.25, -0.2) is 4.39 Å². The summed E-state index contributed by atoms with van der Waals surface area (Å²) in [6.07, 6.45) is 0. The van der Waals surface area contributed by atoms with E-state index >= 15 is 0 Å². The summed E-state index contributed by atoms with van der Waals surface area (Å²) in [5.41, 5.74) is 9.48. The molecule has 0 aromatic heterocycles. The van der Waals surface area contributed by atoms with Gasteiger partial charge in [0.1, 0.15) is 4.99 Å². The van der Waals surface area contributed by atoms with Gasteiger partial charge in [-0.3, -0.25) is 0 Å². The third-order valence-corrected chi connectivity index (χ3v) is 3.84. The first-order chi connectivity index (χ1) is 9.38. The molecule has 0 spiro atoms. The zero-order valence-electron chi connectivity index (χ0n) is 11.1. The maximum Gasteiger partial charge on any atom is 0.161 e. The number of benzene rings is 2. The van der Waals surface area contributed by atoms with Gasteiger partial charge in [-0.05, 0) is 65.2 Å². The topological polar surface area (TPSA) is 38.0 Å². The van der Waals surface area contributed by atoms with Gasteiger partial charge < -0.3 is 11.1 Å². The first-order valence-corrected chi connectivity index (χ1v) is 7.21. The third-order valence-electron chi connectivity index (χ3n) is 2.85. The first-order valence-electron chi connectivity index (χ1n) is 6.01. The fourth-order valence-electron chi connectivity index (χ4n) is 2.04. The minimum absolute atomic E-state index is 0.161. The molecule has 0 aliphatic heterocycles. The molecule has 0 aliphatic rings. The molecule has 0 saturated carbocycles. The van der Waals surface area contributed by atoms with E-state index < -0.39 is 5.82 Å². The lowest BCUT2D eigenvalue weighted by Gasteiger charge is -2.12. The Kier molecular flexibility index (Phi) is 4.40. The summed E-state index contributed by atoms with van der Waals surface area (Å²) >= 11 is 8.07. The van der Waals surface area contributed by atoms with Gasteiger partial charge >= 0.3 is 0 Å². The van der Waals surface area contributed by atoms with E-state index in [-0.39, 0.29) is 9.46 Å². The standard InChI is InChI=1S/C15H14BrFN2S/c1-8-5-9(2)7-10(6-8)19-12-4-3-11(15(18)20)13(16)14(12)17/h3-7,19H,1-2H3,(H2,18,20). The highest BCUT2D eigenvalue weighted by molar-refractivity contribution is 9.10. The van der Waals surface area contributed by atoms with Crippen LogP contribution in [-0.2, 0) is 0 Å². The summed E-state index contributed by atoms with van der Waals surface area (Å²) in [6, 6.07) is 9.31. The maximum atomic E-state index is 14.3. The molecule has 3 N–H and O–H groups in total. The molecule has 5 heteroatoms. The smallest absolute Gasteiger partial charge is 0.161 e. The number of aryl methyl sites for hydroxylation is 2. The largest absolute Gasteiger partial charge is 0.389 e. The average Bonchev–Trinajstić information content (AvgIpc) is 2.33. The molecule has 0 aliphatic carbocycles. The zero-order chi connectivity index (χ0) is 14.9. The van der Waals surface area contributed by atoms with Gasteiger partial charge in [0, 0.05) is 11.3 Å². The molecule has 20 heavy (non-hydrogen) atoms. The van der Waals surface area contributed by atoms with Crippen molar-refractivity contribution in [1.82, 2.24) is 0 Å². The van der Waals surface area contributed by atoms with Gasteiger partial charge in [0.15, 0.2) is 5.82 Å². The van der Waals surface area contributed by atoms with E-state index in [0.29, 0.717) is 11.3 Å². The summed E-state index contributed by atoms with van der Waals surface area (Å²) < 4.78 is 14.6. The van der Waals surface area contributed by atoms with Crippen LogP contribution < -0.4 is 11.1 Å². The third kappa shape index (κ3) is 3.16. The lowest BCUT2D eigenvalue weighted by molar-refractivity contribution is 0.625. The monoisotopic (exact) mass is 352 g/mol. The Balaban J connectivity index is 2.39. The van der Waals surface area contributed by atoms with E-state index in [2.05, 4.69) is 27.3 Å². The molecule has 0 unspecified atom stereocenters. The summed E-state index contributed by atoms with van der Waals surface area (Å²) in [6.45, 7) is 4.00. The minimum atomic E-state index is -0.408. The summed E-state index contributed by atoms with van der Waals surface area (Å²) in [5, 5.41) is 3.07. The molecule has 0 bridgehead atoms. The van der Waals surface area contributed by atoms with Crippen molar-refractivity contribution in [1.29, 1.82) is 0 Å². The van der Waals surface area contributed by atoms with Crippen molar-refractivity contribution in [3.63, 3.8) is 0 Å². The van der Waals surface area contributed by atoms with Gasteiger partial charge in [0.25, 0.3) is 0 Å². The van der Waals surface area contributed by atoms with Crippen molar-refractivity contribution in [2.24, 2.45) is 5.73 Å². The van der Waals surface area contributed by atoms with Crippen LogP contribution in [-0.4, -0.2) is 4.99 Å². The minimum Gasteiger partial charge on any atom is -0.389 e. The fourth-order valence-corrected chi connectivity index (χ4v) is 2.90. The van der Waals surface area contributed by atoms with Crippen LogP contribution >= 0.6 is 28.1 Å². The van der Waals surface area contributed by atoms with Crippen LogP contribution in [0.4, 0.5) is 15.8 Å². The molecular weight excluding hydrogens is 339 g/mol. The fraction of sp³-hybridized carbons (Fsp3) is 0.133. The first kappa shape index (κ1) is 14.9. The number of hydrogen-bond donors (Lipinski definition) is 2. The van der Waals surface area contributed by atoms with Crippen molar-refractivity contribution in [2.75, 3.05) is 5.32 Å². The highest BCUT2D eigenvalue weighted by Gasteiger charge is 2.13. The summed E-state index contributed by atoms with van der Waals surface area (Å²) in [5.74, 6) is -0.408. The highest BCUT2D eigenvalue weighted by Crippen LogP contribution is 2.29. The molecule has 2 nitrogen and oxygen atoms in total. The average molecular weight is 353 g/mol. The number of rotatable bonds is 3. The van der Waals surface area contributed by atoms with Crippen LogP contribution in [0.25, 0.3) is 0 Å². The Morgan fingerprint density at radius 2 is 1.80 bits per heavy atom. The molecule has 0 heterocycles. The van der Waals surface area contributed by atoms with Crippen LogP contribution in [0.3, 0.4) is 0 Å². The van der Waals surface area contributed by atoms with E-state index in [0.717, 1.165) is 16.8 Å². The molecule has 0 saturated heterocycles. The molecule has 0 fully saturated rings. The van der Waals surface area contributed by atoms with E-state index in [1.54, 1.807) is 12.1 Å². The molecule has 2 rings (SSSR count). The molecule has 104 valence electrons. The highest BCUT2D eigenvalue weighted by atomic mass is 79.9. The van der Waals surface area contributed by atoms with Crippen LogP contribution in [0.5, 0.6) is 0 Å². The van der Waals surface area contributed by atoms with Crippen molar-refractivity contribution < 1.29 is 4.39 Å². The number of nitrogens with two attached hydrogens (primary N) is 1. The van der Waals surface area contributed by atoms with Gasteiger partial charge in [-0.1, -0.05) is 18.3 Å². The van der Waals surface area contributed by atoms with Gasteiger partial charge in [0.2, 0.25) is 0 Å². The van der Waals surface area contributed by atoms with Crippen LogP contribution in [0.1, 0.15) is 16.7 Å². The van der Waals surface area contributed by atoms with Gasteiger partial charge in [0.05, 0.1) is 10.2 Å². The molecule has 0 amide bonds. The van der Waals surface area contributed by atoms with Crippen molar-refractivity contribution >= 4 is 44.5 Å². The summed E-state index contributed by atoms with van der Waals surface area (Å²) in [4.78, 5) is 0.161. The van der Waals surface area contributed by atoms with E-state index in [1.165, 1.54) is 0 Å². The number of halogens is 2. The van der Waals surface area contributed by atoms with Crippen LogP contribution in [0.2, 0.25) is 0 Å². The molecular formula is C15H14BrFN2S. The van der Waals surface area contributed by atoms with Crippen LogP contribution in [0, 0.1) is 19.7 Å². The number of hydrogen-bond acceptors (Lipinski definition) is 2. The molecule has 2 aromatic carbocycles. The number of nitrogens with one attached hydrogen (secondary N) is 1. The predicted molar refractivity (Wildman–Crippen MR) is 89.2 cm³/mol. The van der Waals surface area contributed by atoms with Crippen LogP contribution in [0.15, 0.2) is 34.8 Å². The van der Waals surface area contributed by atoms with Gasteiger partial charge in [-0.15, -0.1) is 0 Å². The molecule has 2 aromatic rings. The Labute approximate surface area is 131 Å². The van der Waals surface area contributed by atoms with Crippen molar-refractivity contribution in [3.05, 3.63) is 57.3 Å². The quantitative estimate of drug-likeness (QED) is 0.793. The molecule has 0 radical (unpaired) electrons. The van der Waals surface area contributed by atoms with E-state index in [4.69, 9.17) is 18.0 Å². The number of thiocarbonyl (C=S) groups is 1. The SMILES string of the molecule is Cc1cc(C)cc(Nc2ccc(C(N)=S)c(Br)c2F)c1. The Hall–Kier alpha value is -1.46. The summed E-state index contributed by atoms with van der Waals surface area (Å²) in [7, 11) is 0.